The van der Waals surface area contributed by atoms with Crippen LogP contribution < -0.4 is 4.74 Å². The summed E-state index contributed by atoms with van der Waals surface area (Å²) in [5, 5.41) is 0. The van der Waals surface area contributed by atoms with E-state index in [-0.39, 0.29) is 0 Å². The SMILES string of the molecule is C1=NCc2cccnc2O1. The first-order valence-electron chi connectivity index (χ1n) is 3.05. The van der Waals surface area contributed by atoms with Crippen LogP contribution in [0.15, 0.2) is 23.3 Å². The number of rotatable bonds is 0. The second-order valence-electron chi connectivity index (χ2n) is 2.03. The Morgan fingerprint density at radius 1 is 1.50 bits per heavy atom. The lowest BCUT2D eigenvalue weighted by Crippen LogP contribution is -2.02. The Labute approximate surface area is 58.4 Å². The molecular weight excluding hydrogens is 128 g/mol. The van der Waals surface area contributed by atoms with Crippen LogP contribution in [-0.4, -0.2) is 11.4 Å². The first kappa shape index (κ1) is 5.41. The summed E-state index contributed by atoms with van der Waals surface area (Å²) in [4.78, 5) is 7.94. The van der Waals surface area contributed by atoms with Gasteiger partial charge in [-0.3, -0.25) is 4.99 Å². The van der Waals surface area contributed by atoms with Crippen LogP contribution in [0.1, 0.15) is 5.56 Å². The summed E-state index contributed by atoms with van der Waals surface area (Å²) in [6.07, 6.45) is 3.13. The molecule has 0 saturated carbocycles. The van der Waals surface area contributed by atoms with E-state index >= 15 is 0 Å². The number of hydrogen-bond acceptors (Lipinski definition) is 3. The van der Waals surface area contributed by atoms with Crippen LogP contribution in [0.4, 0.5) is 0 Å². The molecular formula is C7H6N2O. The topological polar surface area (TPSA) is 34.5 Å². The molecule has 0 aromatic carbocycles. The second kappa shape index (κ2) is 2.10. The monoisotopic (exact) mass is 134 g/mol. The molecule has 1 aliphatic heterocycles. The van der Waals surface area contributed by atoms with E-state index in [0.717, 1.165) is 5.56 Å². The van der Waals surface area contributed by atoms with Crippen molar-refractivity contribution in [1.82, 2.24) is 4.98 Å². The smallest absolute Gasteiger partial charge is 0.225 e. The molecule has 0 atom stereocenters. The minimum Gasteiger partial charge on any atom is -0.427 e. The first-order valence-corrected chi connectivity index (χ1v) is 3.05. The van der Waals surface area contributed by atoms with E-state index in [1.54, 1.807) is 6.20 Å². The van der Waals surface area contributed by atoms with Crippen molar-refractivity contribution in [3.63, 3.8) is 0 Å². The van der Waals surface area contributed by atoms with Gasteiger partial charge in [0.2, 0.25) is 5.88 Å². The van der Waals surface area contributed by atoms with E-state index in [9.17, 15) is 0 Å². The third-order valence-corrected chi connectivity index (χ3v) is 1.35. The quantitative estimate of drug-likeness (QED) is 0.530. The summed E-state index contributed by atoms with van der Waals surface area (Å²) < 4.78 is 5.02. The molecule has 2 heterocycles. The highest BCUT2D eigenvalue weighted by atomic mass is 16.5. The fourth-order valence-electron chi connectivity index (χ4n) is 0.873. The average Bonchev–Trinajstić information content (AvgIpc) is 2.05. The van der Waals surface area contributed by atoms with E-state index in [1.165, 1.54) is 6.40 Å². The van der Waals surface area contributed by atoms with E-state index in [4.69, 9.17) is 4.74 Å². The number of aliphatic imine (C=N–C) groups is 1. The highest BCUT2D eigenvalue weighted by molar-refractivity contribution is 5.54. The van der Waals surface area contributed by atoms with Gasteiger partial charge < -0.3 is 4.74 Å². The van der Waals surface area contributed by atoms with E-state index in [2.05, 4.69) is 9.98 Å². The maximum absolute atomic E-state index is 5.02. The van der Waals surface area contributed by atoms with Crippen molar-refractivity contribution in [2.75, 3.05) is 0 Å². The zero-order valence-electron chi connectivity index (χ0n) is 5.32. The van der Waals surface area contributed by atoms with Crippen molar-refractivity contribution in [2.24, 2.45) is 4.99 Å². The third kappa shape index (κ3) is 0.757. The fraction of sp³-hybridized carbons (Fsp3) is 0.143. The predicted molar refractivity (Wildman–Crippen MR) is 37.1 cm³/mol. The summed E-state index contributed by atoms with van der Waals surface area (Å²) in [7, 11) is 0. The number of nitrogens with zero attached hydrogens (tertiary/aromatic N) is 2. The molecule has 0 spiro atoms. The van der Waals surface area contributed by atoms with Crippen LogP contribution in [0.25, 0.3) is 0 Å². The molecule has 3 heteroatoms. The lowest BCUT2D eigenvalue weighted by atomic mass is 10.3. The maximum Gasteiger partial charge on any atom is 0.225 e. The van der Waals surface area contributed by atoms with Gasteiger partial charge in [0.15, 0.2) is 6.40 Å². The summed E-state index contributed by atoms with van der Waals surface area (Å²) >= 11 is 0. The van der Waals surface area contributed by atoms with Gasteiger partial charge in [-0.15, -0.1) is 0 Å². The normalized spacial score (nSPS) is 14.0. The molecule has 1 aliphatic rings. The average molecular weight is 134 g/mol. The Morgan fingerprint density at radius 3 is 3.40 bits per heavy atom. The summed E-state index contributed by atoms with van der Waals surface area (Å²) in [6, 6.07) is 3.84. The molecule has 2 rings (SSSR count). The van der Waals surface area contributed by atoms with Crippen molar-refractivity contribution >= 4 is 6.40 Å². The summed E-state index contributed by atoms with van der Waals surface area (Å²) in [6.45, 7) is 0.684. The Bertz CT molecular complexity index is 243. The molecule has 0 aliphatic carbocycles. The van der Waals surface area contributed by atoms with Crippen LogP contribution in [0.5, 0.6) is 5.88 Å². The fourth-order valence-corrected chi connectivity index (χ4v) is 0.873. The van der Waals surface area contributed by atoms with E-state index in [1.807, 2.05) is 12.1 Å². The number of hydrogen-bond donors (Lipinski definition) is 0. The zero-order chi connectivity index (χ0) is 6.81. The number of fused-ring (bicyclic) bond motifs is 1. The minimum absolute atomic E-state index is 0.678. The van der Waals surface area contributed by atoms with Crippen molar-refractivity contribution in [3.8, 4) is 5.88 Å². The van der Waals surface area contributed by atoms with Gasteiger partial charge in [0.05, 0.1) is 6.54 Å². The Morgan fingerprint density at radius 2 is 2.50 bits per heavy atom. The molecule has 10 heavy (non-hydrogen) atoms. The van der Waals surface area contributed by atoms with Gasteiger partial charge in [-0.2, -0.15) is 0 Å². The van der Waals surface area contributed by atoms with Crippen molar-refractivity contribution in [2.45, 2.75) is 6.54 Å². The third-order valence-electron chi connectivity index (χ3n) is 1.35. The van der Waals surface area contributed by atoms with Crippen LogP contribution in [0, 0.1) is 0 Å². The Hall–Kier alpha value is -1.38. The number of ether oxygens (including phenoxy) is 1. The Balaban J connectivity index is 2.47. The van der Waals surface area contributed by atoms with Crippen molar-refractivity contribution in [3.05, 3.63) is 23.9 Å². The van der Waals surface area contributed by atoms with E-state index in [0.29, 0.717) is 12.4 Å². The Kier molecular flexibility index (Phi) is 1.13. The molecule has 0 fully saturated rings. The van der Waals surface area contributed by atoms with Gasteiger partial charge in [-0.25, -0.2) is 4.98 Å². The standard InChI is InChI=1S/C7H6N2O/c1-2-6-4-8-5-10-7(6)9-3-1/h1-3,5H,4H2. The first-order chi connectivity index (χ1) is 4.97. The lowest BCUT2D eigenvalue weighted by Gasteiger charge is -2.07. The van der Waals surface area contributed by atoms with Crippen LogP contribution in [0.3, 0.4) is 0 Å². The van der Waals surface area contributed by atoms with Gasteiger partial charge >= 0.3 is 0 Å². The highest BCUT2D eigenvalue weighted by Crippen LogP contribution is 2.16. The molecule has 0 N–H and O–H groups in total. The van der Waals surface area contributed by atoms with Crippen molar-refractivity contribution < 1.29 is 4.74 Å². The number of aromatic nitrogens is 1. The predicted octanol–water partition coefficient (Wildman–Crippen LogP) is 1.00. The van der Waals surface area contributed by atoms with Gasteiger partial charge in [-0.05, 0) is 6.07 Å². The molecule has 0 radical (unpaired) electrons. The molecule has 1 aromatic heterocycles. The largest absolute Gasteiger partial charge is 0.427 e. The maximum atomic E-state index is 5.02. The molecule has 50 valence electrons. The van der Waals surface area contributed by atoms with Gasteiger partial charge in [0.25, 0.3) is 0 Å². The second-order valence-corrected chi connectivity index (χ2v) is 2.03. The molecule has 0 amide bonds. The minimum atomic E-state index is 0.678. The molecule has 3 nitrogen and oxygen atoms in total. The zero-order valence-corrected chi connectivity index (χ0v) is 5.32. The van der Waals surface area contributed by atoms with Gasteiger partial charge in [0, 0.05) is 11.8 Å². The van der Waals surface area contributed by atoms with Gasteiger partial charge in [-0.1, -0.05) is 6.07 Å². The molecule has 0 unspecified atom stereocenters. The molecule has 1 aromatic rings. The molecule has 0 saturated heterocycles. The number of pyridine rings is 1. The summed E-state index contributed by atoms with van der Waals surface area (Å²) in [5.74, 6) is 0.678. The molecule has 0 bridgehead atoms. The summed E-state index contributed by atoms with van der Waals surface area (Å²) in [5.41, 5.74) is 1.05. The van der Waals surface area contributed by atoms with Crippen LogP contribution in [-0.2, 0) is 6.54 Å². The van der Waals surface area contributed by atoms with Crippen LogP contribution >= 0.6 is 0 Å². The highest BCUT2D eigenvalue weighted by Gasteiger charge is 2.05. The van der Waals surface area contributed by atoms with E-state index < -0.39 is 0 Å². The lowest BCUT2D eigenvalue weighted by molar-refractivity contribution is 0.522. The van der Waals surface area contributed by atoms with Gasteiger partial charge in [0.1, 0.15) is 0 Å². The van der Waals surface area contributed by atoms with Crippen LogP contribution in [0.2, 0.25) is 0 Å². The van der Waals surface area contributed by atoms with Crippen molar-refractivity contribution in [1.29, 1.82) is 0 Å².